The first-order valence-electron chi connectivity index (χ1n) is 4.19. The molecular formula is C9H12O2S. The second-order valence-corrected chi connectivity index (χ2v) is 3.62. The van der Waals surface area contributed by atoms with Crippen molar-refractivity contribution in [3.05, 3.63) is 22.4 Å². The van der Waals surface area contributed by atoms with Crippen LogP contribution in [-0.4, -0.2) is 19.5 Å². The first-order valence-corrected chi connectivity index (χ1v) is 5.14. The second kappa shape index (κ2) is 4.03. The largest absolute Gasteiger partial charge is 0.350 e. The number of hydrogen-bond donors (Lipinski definition) is 0. The Kier molecular flexibility index (Phi) is 2.76. The fourth-order valence-electron chi connectivity index (χ4n) is 1.29. The summed E-state index contributed by atoms with van der Waals surface area (Å²) in [5.74, 6) is 0. The summed E-state index contributed by atoms with van der Waals surface area (Å²) in [5, 5.41) is 4.28. The third-order valence-corrected chi connectivity index (χ3v) is 2.67. The second-order valence-electron chi connectivity index (χ2n) is 2.84. The van der Waals surface area contributed by atoms with Gasteiger partial charge in [-0.1, -0.05) is 0 Å². The number of aryl methyl sites for hydroxylation is 1. The van der Waals surface area contributed by atoms with Gasteiger partial charge in [-0.2, -0.15) is 11.3 Å². The third-order valence-electron chi connectivity index (χ3n) is 1.94. The first-order chi connectivity index (χ1) is 5.95. The van der Waals surface area contributed by atoms with Crippen LogP contribution in [0.25, 0.3) is 0 Å². The van der Waals surface area contributed by atoms with Crippen LogP contribution >= 0.6 is 11.3 Å². The number of thiophene rings is 1. The molecule has 0 atom stereocenters. The molecule has 0 spiro atoms. The summed E-state index contributed by atoms with van der Waals surface area (Å²) in [5.41, 5.74) is 1.39. The average molecular weight is 184 g/mol. The number of rotatable bonds is 3. The Morgan fingerprint density at radius 3 is 2.92 bits per heavy atom. The highest BCUT2D eigenvalue weighted by atomic mass is 32.1. The molecule has 0 saturated carbocycles. The topological polar surface area (TPSA) is 18.5 Å². The van der Waals surface area contributed by atoms with Crippen molar-refractivity contribution in [1.29, 1.82) is 0 Å². The lowest BCUT2D eigenvalue weighted by Gasteiger charge is -2.06. The molecule has 1 saturated heterocycles. The Balaban J connectivity index is 1.74. The van der Waals surface area contributed by atoms with Gasteiger partial charge in [0.1, 0.15) is 0 Å². The molecule has 2 nitrogen and oxygen atoms in total. The molecule has 0 unspecified atom stereocenters. The van der Waals surface area contributed by atoms with E-state index in [9.17, 15) is 0 Å². The van der Waals surface area contributed by atoms with Crippen LogP contribution < -0.4 is 0 Å². The Morgan fingerprint density at radius 2 is 2.25 bits per heavy atom. The summed E-state index contributed by atoms with van der Waals surface area (Å²) < 4.78 is 10.7. The van der Waals surface area contributed by atoms with Crippen molar-refractivity contribution in [2.45, 2.75) is 19.1 Å². The van der Waals surface area contributed by atoms with E-state index in [1.165, 1.54) is 5.56 Å². The van der Waals surface area contributed by atoms with Crippen LogP contribution in [0.1, 0.15) is 12.0 Å². The van der Waals surface area contributed by atoms with Crippen LogP contribution in [0.15, 0.2) is 16.8 Å². The maximum atomic E-state index is 5.33. The lowest BCUT2D eigenvalue weighted by molar-refractivity contribution is -0.0461. The van der Waals surface area contributed by atoms with Gasteiger partial charge in [-0.15, -0.1) is 0 Å². The molecule has 1 aromatic heterocycles. The molecule has 1 aliphatic rings. The Hall–Kier alpha value is -0.380. The van der Waals surface area contributed by atoms with Gasteiger partial charge < -0.3 is 9.47 Å². The molecule has 2 heterocycles. The molecule has 0 bridgehead atoms. The molecule has 66 valence electrons. The molecule has 0 aromatic carbocycles. The summed E-state index contributed by atoms with van der Waals surface area (Å²) in [4.78, 5) is 0. The van der Waals surface area contributed by atoms with E-state index < -0.39 is 0 Å². The maximum Gasteiger partial charge on any atom is 0.158 e. The summed E-state index contributed by atoms with van der Waals surface area (Å²) in [6.45, 7) is 1.52. The van der Waals surface area contributed by atoms with Crippen LogP contribution in [0, 0.1) is 0 Å². The van der Waals surface area contributed by atoms with Gasteiger partial charge in [-0.25, -0.2) is 0 Å². The molecule has 0 amide bonds. The van der Waals surface area contributed by atoms with Gasteiger partial charge in [0.05, 0.1) is 13.2 Å². The molecule has 0 N–H and O–H groups in total. The van der Waals surface area contributed by atoms with E-state index in [1.54, 1.807) is 11.3 Å². The molecule has 1 aliphatic heterocycles. The standard InChI is InChI=1S/C9H12O2S/c1(8-3-6-12-7-8)2-9-10-4-5-11-9/h3,6-7,9H,1-2,4-5H2. The molecule has 0 aliphatic carbocycles. The molecule has 0 radical (unpaired) electrons. The molecule has 1 fully saturated rings. The lowest BCUT2D eigenvalue weighted by Crippen LogP contribution is -2.08. The summed E-state index contributed by atoms with van der Waals surface area (Å²) >= 11 is 1.74. The fourth-order valence-corrected chi connectivity index (χ4v) is 2.00. The lowest BCUT2D eigenvalue weighted by atomic mass is 10.2. The van der Waals surface area contributed by atoms with Gasteiger partial charge in [0.15, 0.2) is 6.29 Å². The van der Waals surface area contributed by atoms with Gasteiger partial charge in [-0.05, 0) is 28.8 Å². The van der Waals surface area contributed by atoms with Gasteiger partial charge in [-0.3, -0.25) is 0 Å². The third kappa shape index (κ3) is 2.06. The van der Waals surface area contributed by atoms with E-state index in [1.807, 2.05) is 0 Å². The van der Waals surface area contributed by atoms with Crippen LogP contribution in [0.5, 0.6) is 0 Å². The molecular weight excluding hydrogens is 172 g/mol. The zero-order chi connectivity index (χ0) is 8.23. The van der Waals surface area contributed by atoms with Gasteiger partial charge >= 0.3 is 0 Å². The van der Waals surface area contributed by atoms with Gasteiger partial charge in [0, 0.05) is 6.42 Å². The highest BCUT2D eigenvalue weighted by Crippen LogP contribution is 2.14. The average Bonchev–Trinajstić information content (AvgIpc) is 2.74. The van der Waals surface area contributed by atoms with E-state index >= 15 is 0 Å². The molecule has 12 heavy (non-hydrogen) atoms. The molecule has 3 heteroatoms. The number of ether oxygens (including phenoxy) is 2. The minimum absolute atomic E-state index is 0.0462. The molecule has 1 aromatic rings. The van der Waals surface area contributed by atoms with Gasteiger partial charge in [0.2, 0.25) is 0 Å². The van der Waals surface area contributed by atoms with Crippen molar-refractivity contribution in [2.24, 2.45) is 0 Å². The predicted molar refractivity (Wildman–Crippen MR) is 48.3 cm³/mol. The smallest absolute Gasteiger partial charge is 0.158 e. The Bertz CT molecular complexity index is 214. The first kappa shape index (κ1) is 8.23. The minimum Gasteiger partial charge on any atom is -0.350 e. The maximum absolute atomic E-state index is 5.33. The zero-order valence-corrected chi connectivity index (χ0v) is 7.68. The highest BCUT2D eigenvalue weighted by molar-refractivity contribution is 7.07. The van der Waals surface area contributed by atoms with Crippen LogP contribution in [0.4, 0.5) is 0 Å². The van der Waals surface area contributed by atoms with Crippen LogP contribution in [0.2, 0.25) is 0 Å². The monoisotopic (exact) mass is 184 g/mol. The number of hydrogen-bond acceptors (Lipinski definition) is 3. The van der Waals surface area contributed by atoms with Crippen LogP contribution in [-0.2, 0) is 15.9 Å². The Labute approximate surface area is 76.1 Å². The van der Waals surface area contributed by atoms with Crippen molar-refractivity contribution in [2.75, 3.05) is 13.2 Å². The minimum atomic E-state index is 0.0462. The summed E-state index contributed by atoms with van der Waals surface area (Å²) in [6, 6.07) is 2.15. The summed E-state index contributed by atoms with van der Waals surface area (Å²) in [6.07, 6.45) is 2.09. The van der Waals surface area contributed by atoms with Crippen molar-refractivity contribution in [3.63, 3.8) is 0 Å². The SMILES string of the molecule is c1cc(CCC2OCCO2)cs1. The Morgan fingerprint density at radius 1 is 1.42 bits per heavy atom. The van der Waals surface area contributed by atoms with Crippen molar-refractivity contribution in [3.8, 4) is 0 Å². The fraction of sp³-hybridized carbons (Fsp3) is 0.556. The summed E-state index contributed by atoms with van der Waals surface area (Å²) in [7, 11) is 0. The zero-order valence-electron chi connectivity index (χ0n) is 6.86. The molecule has 2 rings (SSSR count). The van der Waals surface area contributed by atoms with Crippen LogP contribution in [0.3, 0.4) is 0 Å². The highest BCUT2D eigenvalue weighted by Gasteiger charge is 2.15. The predicted octanol–water partition coefficient (Wildman–Crippen LogP) is 2.05. The van der Waals surface area contributed by atoms with Crippen molar-refractivity contribution < 1.29 is 9.47 Å². The van der Waals surface area contributed by atoms with Crippen molar-refractivity contribution >= 4 is 11.3 Å². The quantitative estimate of drug-likeness (QED) is 0.715. The van der Waals surface area contributed by atoms with E-state index in [2.05, 4.69) is 16.8 Å². The van der Waals surface area contributed by atoms with E-state index in [-0.39, 0.29) is 6.29 Å². The normalized spacial score (nSPS) is 18.7. The van der Waals surface area contributed by atoms with Gasteiger partial charge in [0.25, 0.3) is 0 Å². The van der Waals surface area contributed by atoms with Crippen molar-refractivity contribution in [1.82, 2.24) is 0 Å². The van der Waals surface area contributed by atoms with E-state index in [0.29, 0.717) is 0 Å². The van der Waals surface area contributed by atoms with E-state index in [4.69, 9.17) is 9.47 Å². The van der Waals surface area contributed by atoms with E-state index in [0.717, 1.165) is 26.1 Å².